The second kappa shape index (κ2) is 3.93. The van der Waals surface area contributed by atoms with Crippen LogP contribution in [0.1, 0.15) is 33.6 Å². The Morgan fingerprint density at radius 2 is 1.93 bits per heavy atom. The zero-order valence-corrected chi connectivity index (χ0v) is 10.1. The van der Waals surface area contributed by atoms with Gasteiger partial charge in [-0.2, -0.15) is 0 Å². The molecule has 2 rings (SSSR count). The van der Waals surface area contributed by atoms with Crippen molar-refractivity contribution >= 4 is 10.8 Å². The third-order valence-corrected chi connectivity index (χ3v) is 6.01. The summed E-state index contributed by atoms with van der Waals surface area (Å²) in [5.74, 6) is 1.42. The van der Waals surface area contributed by atoms with E-state index in [1.54, 1.807) is 0 Å². The maximum absolute atomic E-state index is 12.1. The van der Waals surface area contributed by atoms with Crippen LogP contribution in [0.5, 0.6) is 0 Å². The van der Waals surface area contributed by atoms with E-state index in [4.69, 9.17) is 0 Å². The molecule has 6 unspecified atom stereocenters. The molecule has 1 aliphatic heterocycles. The van der Waals surface area contributed by atoms with Crippen molar-refractivity contribution in [3.63, 3.8) is 0 Å². The first-order valence-electron chi connectivity index (χ1n) is 5.72. The van der Waals surface area contributed by atoms with Gasteiger partial charge in [0, 0.05) is 28.6 Å². The van der Waals surface area contributed by atoms with E-state index >= 15 is 0 Å². The molecule has 0 aromatic carbocycles. The zero-order chi connectivity index (χ0) is 10.3. The number of nitrogens with one attached hydrogen (secondary N) is 1. The van der Waals surface area contributed by atoms with Crippen molar-refractivity contribution in [2.75, 3.05) is 6.54 Å². The van der Waals surface area contributed by atoms with E-state index in [0.717, 1.165) is 12.5 Å². The molecule has 0 spiro atoms. The predicted molar refractivity (Wildman–Crippen MR) is 60.7 cm³/mol. The highest BCUT2D eigenvalue weighted by atomic mass is 32.2. The Hall–Kier alpha value is 0.110. The molecule has 14 heavy (non-hydrogen) atoms. The van der Waals surface area contributed by atoms with Crippen LogP contribution in [0.4, 0.5) is 0 Å². The van der Waals surface area contributed by atoms with Crippen LogP contribution in [-0.4, -0.2) is 27.3 Å². The highest BCUT2D eigenvalue weighted by Crippen LogP contribution is 2.34. The second-order valence-electron chi connectivity index (χ2n) is 5.17. The van der Waals surface area contributed by atoms with Gasteiger partial charge in [0.15, 0.2) is 0 Å². The van der Waals surface area contributed by atoms with Crippen LogP contribution in [0.2, 0.25) is 0 Å². The van der Waals surface area contributed by atoms with Crippen molar-refractivity contribution in [2.24, 2.45) is 11.8 Å². The lowest BCUT2D eigenvalue weighted by molar-refractivity contribution is 0.238. The van der Waals surface area contributed by atoms with E-state index in [-0.39, 0.29) is 0 Å². The lowest BCUT2D eigenvalue weighted by Gasteiger charge is -2.44. The molecule has 0 amide bonds. The SMILES string of the molecule is CC1CC(C)C2C(C1)NCC(C)S2=O. The van der Waals surface area contributed by atoms with E-state index in [2.05, 4.69) is 26.1 Å². The number of fused-ring (bicyclic) bond motifs is 1. The van der Waals surface area contributed by atoms with E-state index in [1.165, 1.54) is 12.8 Å². The highest BCUT2D eigenvalue weighted by Gasteiger charge is 2.41. The minimum absolute atomic E-state index is 0.340. The van der Waals surface area contributed by atoms with Gasteiger partial charge in [-0.1, -0.05) is 13.8 Å². The quantitative estimate of drug-likeness (QED) is 0.664. The predicted octanol–water partition coefficient (Wildman–Crippen LogP) is 1.53. The molecular weight excluding hydrogens is 194 g/mol. The molecule has 3 heteroatoms. The van der Waals surface area contributed by atoms with E-state index in [0.29, 0.717) is 22.5 Å². The minimum Gasteiger partial charge on any atom is -0.312 e. The summed E-state index contributed by atoms with van der Waals surface area (Å²) in [4.78, 5) is 0. The number of rotatable bonds is 0. The molecule has 1 saturated heterocycles. The Balaban J connectivity index is 2.15. The monoisotopic (exact) mass is 215 g/mol. The Morgan fingerprint density at radius 1 is 1.21 bits per heavy atom. The summed E-state index contributed by atoms with van der Waals surface area (Å²) >= 11 is 0. The minimum atomic E-state index is -0.609. The Labute approximate surface area is 89.3 Å². The van der Waals surface area contributed by atoms with Gasteiger partial charge in [0.25, 0.3) is 0 Å². The molecule has 1 heterocycles. The first kappa shape index (κ1) is 10.6. The molecule has 1 aliphatic carbocycles. The third-order valence-electron chi connectivity index (χ3n) is 3.72. The van der Waals surface area contributed by atoms with Crippen LogP contribution in [0, 0.1) is 11.8 Å². The topological polar surface area (TPSA) is 29.1 Å². The first-order chi connectivity index (χ1) is 6.59. The van der Waals surface area contributed by atoms with Crippen molar-refractivity contribution in [1.82, 2.24) is 5.32 Å². The van der Waals surface area contributed by atoms with Crippen molar-refractivity contribution in [3.8, 4) is 0 Å². The molecule has 0 bridgehead atoms. The largest absolute Gasteiger partial charge is 0.312 e. The van der Waals surface area contributed by atoms with Gasteiger partial charge in [0.1, 0.15) is 0 Å². The third kappa shape index (κ3) is 1.76. The number of hydrogen-bond donors (Lipinski definition) is 1. The van der Waals surface area contributed by atoms with Crippen LogP contribution in [0.3, 0.4) is 0 Å². The summed E-state index contributed by atoms with van der Waals surface area (Å²) in [6.45, 7) is 7.62. The fourth-order valence-electron chi connectivity index (χ4n) is 3.09. The van der Waals surface area contributed by atoms with Gasteiger partial charge >= 0.3 is 0 Å². The summed E-state index contributed by atoms with van der Waals surface area (Å²) in [6, 6.07) is 0.519. The van der Waals surface area contributed by atoms with Crippen molar-refractivity contribution < 1.29 is 4.21 Å². The maximum Gasteiger partial charge on any atom is 0.0530 e. The molecule has 2 aliphatic rings. The number of hydrogen-bond acceptors (Lipinski definition) is 2. The maximum atomic E-state index is 12.1. The summed E-state index contributed by atoms with van der Waals surface area (Å²) in [5.41, 5.74) is 0. The van der Waals surface area contributed by atoms with E-state index in [9.17, 15) is 4.21 Å². The average molecular weight is 215 g/mol. The molecule has 2 fully saturated rings. The molecule has 0 aromatic heterocycles. The summed E-state index contributed by atoms with van der Waals surface area (Å²) in [7, 11) is -0.609. The van der Waals surface area contributed by atoms with Crippen LogP contribution >= 0.6 is 0 Å². The molecule has 6 atom stereocenters. The van der Waals surface area contributed by atoms with Crippen molar-refractivity contribution in [1.29, 1.82) is 0 Å². The lowest BCUT2D eigenvalue weighted by atomic mass is 9.80. The van der Waals surface area contributed by atoms with Crippen molar-refractivity contribution in [3.05, 3.63) is 0 Å². The second-order valence-corrected chi connectivity index (χ2v) is 7.18. The fourth-order valence-corrected chi connectivity index (χ4v) is 4.98. The Morgan fingerprint density at radius 3 is 2.64 bits per heavy atom. The summed E-state index contributed by atoms with van der Waals surface area (Å²) in [6.07, 6.45) is 2.47. The van der Waals surface area contributed by atoms with Gasteiger partial charge in [-0.15, -0.1) is 0 Å². The van der Waals surface area contributed by atoms with Gasteiger partial charge in [0.05, 0.1) is 5.25 Å². The molecule has 2 nitrogen and oxygen atoms in total. The van der Waals surface area contributed by atoms with Gasteiger partial charge in [-0.05, 0) is 31.6 Å². The first-order valence-corrected chi connectivity index (χ1v) is 7.00. The lowest BCUT2D eigenvalue weighted by Crippen LogP contribution is -2.58. The van der Waals surface area contributed by atoms with Crippen molar-refractivity contribution in [2.45, 2.75) is 50.2 Å². The molecular formula is C11H21NOS. The standard InChI is InChI=1S/C11H21NOS/c1-7-4-8(2)11-10(5-7)12-6-9(3)14(11)13/h7-12H,4-6H2,1-3H3. The van der Waals surface area contributed by atoms with Gasteiger partial charge < -0.3 is 5.32 Å². The van der Waals surface area contributed by atoms with Crippen LogP contribution in [0.15, 0.2) is 0 Å². The van der Waals surface area contributed by atoms with E-state index in [1.807, 2.05) is 0 Å². The average Bonchev–Trinajstić information content (AvgIpc) is 2.10. The summed E-state index contributed by atoms with van der Waals surface area (Å²) in [5, 5.41) is 4.32. The molecule has 1 N–H and O–H groups in total. The Kier molecular flexibility index (Phi) is 2.98. The smallest absolute Gasteiger partial charge is 0.0530 e. The zero-order valence-electron chi connectivity index (χ0n) is 9.32. The highest BCUT2D eigenvalue weighted by molar-refractivity contribution is 7.86. The van der Waals surface area contributed by atoms with E-state index < -0.39 is 10.8 Å². The van der Waals surface area contributed by atoms with Gasteiger partial charge in [0.2, 0.25) is 0 Å². The molecule has 0 radical (unpaired) electrons. The molecule has 0 aromatic rings. The van der Waals surface area contributed by atoms with Gasteiger partial charge in [-0.25, -0.2) is 0 Å². The normalized spacial score (nSPS) is 53.9. The van der Waals surface area contributed by atoms with Gasteiger partial charge in [-0.3, -0.25) is 4.21 Å². The molecule has 1 saturated carbocycles. The Bertz CT molecular complexity index is 243. The molecule has 82 valence electrons. The van der Waals surface area contributed by atoms with Crippen LogP contribution < -0.4 is 5.32 Å². The summed E-state index contributed by atoms with van der Waals surface area (Å²) < 4.78 is 12.1. The van der Waals surface area contributed by atoms with Crippen LogP contribution in [0.25, 0.3) is 0 Å². The van der Waals surface area contributed by atoms with Crippen LogP contribution in [-0.2, 0) is 10.8 Å². The fraction of sp³-hybridized carbons (Fsp3) is 1.00.